The summed E-state index contributed by atoms with van der Waals surface area (Å²) in [4.78, 5) is 16.7. The number of nitrogens with one attached hydrogen (secondary N) is 1. The molecule has 1 aromatic carbocycles. The number of benzene rings is 1. The van der Waals surface area contributed by atoms with Gasteiger partial charge in [0.1, 0.15) is 12.4 Å². The van der Waals surface area contributed by atoms with Gasteiger partial charge >= 0.3 is 0 Å². The number of carbonyl (C=O) groups is 1. The molecule has 1 aromatic heterocycles. The average molecular weight is 273 g/mol. The van der Waals surface area contributed by atoms with Gasteiger partial charge in [0, 0.05) is 12.5 Å². The van der Waals surface area contributed by atoms with Crippen molar-refractivity contribution in [1.29, 1.82) is 0 Å². The SMILES string of the molecule is CCCCNC(=O)Cn1c(C(C)C)nc2ccccc21. The van der Waals surface area contributed by atoms with Gasteiger partial charge in [0.05, 0.1) is 11.0 Å². The summed E-state index contributed by atoms with van der Waals surface area (Å²) in [6.07, 6.45) is 2.11. The Morgan fingerprint density at radius 3 is 2.80 bits per heavy atom. The number of rotatable bonds is 6. The lowest BCUT2D eigenvalue weighted by Crippen LogP contribution is -2.29. The molecule has 0 bridgehead atoms. The molecule has 0 fully saturated rings. The Morgan fingerprint density at radius 1 is 1.35 bits per heavy atom. The highest BCUT2D eigenvalue weighted by Crippen LogP contribution is 2.21. The summed E-state index contributed by atoms with van der Waals surface area (Å²) in [5.41, 5.74) is 1.99. The number of amides is 1. The minimum absolute atomic E-state index is 0.0588. The summed E-state index contributed by atoms with van der Waals surface area (Å²) in [7, 11) is 0. The fourth-order valence-electron chi connectivity index (χ4n) is 2.31. The molecular formula is C16H23N3O. The Labute approximate surface area is 120 Å². The predicted molar refractivity (Wildman–Crippen MR) is 81.7 cm³/mol. The lowest BCUT2D eigenvalue weighted by Gasteiger charge is -2.11. The Morgan fingerprint density at radius 2 is 2.10 bits per heavy atom. The van der Waals surface area contributed by atoms with E-state index in [1.165, 1.54) is 0 Å². The first-order chi connectivity index (χ1) is 9.63. The van der Waals surface area contributed by atoms with E-state index in [4.69, 9.17) is 0 Å². The lowest BCUT2D eigenvalue weighted by atomic mass is 10.2. The van der Waals surface area contributed by atoms with Crippen LogP contribution >= 0.6 is 0 Å². The summed E-state index contributed by atoms with van der Waals surface area (Å²) < 4.78 is 2.03. The van der Waals surface area contributed by atoms with Crippen LogP contribution in [0.5, 0.6) is 0 Å². The van der Waals surface area contributed by atoms with E-state index in [1.54, 1.807) is 0 Å². The molecule has 0 saturated carbocycles. The molecule has 4 nitrogen and oxygen atoms in total. The number of carbonyl (C=O) groups excluding carboxylic acids is 1. The third kappa shape index (κ3) is 3.18. The van der Waals surface area contributed by atoms with Crippen LogP contribution in [0.2, 0.25) is 0 Å². The Hall–Kier alpha value is -1.84. The molecule has 0 unspecified atom stereocenters. The van der Waals surface area contributed by atoms with E-state index in [0.717, 1.165) is 36.2 Å². The maximum Gasteiger partial charge on any atom is 0.240 e. The standard InChI is InChI=1S/C16H23N3O/c1-4-5-10-17-15(20)11-19-14-9-7-6-8-13(14)18-16(19)12(2)3/h6-9,12H,4-5,10-11H2,1-3H3,(H,17,20). The fraction of sp³-hybridized carbons (Fsp3) is 0.500. The number of fused-ring (bicyclic) bond motifs is 1. The number of unbranched alkanes of at least 4 members (excludes halogenated alkanes) is 1. The highest BCUT2D eigenvalue weighted by Gasteiger charge is 2.15. The number of nitrogens with zero attached hydrogens (tertiary/aromatic N) is 2. The molecule has 0 atom stereocenters. The second kappa shape index (κ2) is 6.55. The third-order valence-corrected chi connectivity index (χ3v) is 3.35. The zero-order chi connectivity index (χ0) is 14.5. The van der Waals surface area contributed by atoms with Crippen molar-refractivity contribution in [1.82, 2.24) is 14.9 Å². The summed E-state index contributed by atoms with van der Waals surface area (Å²) >= 11 is 0. The van der Waals surface area contributed by atoms with Gasteiger partial charge in [-0.05, 0) is 18.6 Å². The van der Waals surface area contributed by atoms with Crippen LogP contribution in [0.4, 0.5) is 0 Å². The molecule has 20 heavy (non-hydrogen) atoms. The molecule has 1 N–H and O–H groups in total. The van der Waals surface area contributed by atoms with E-state index in [-0.39, 0.29) is 5.91 Å². The first kappa shape index (κ1) is 14.6. The first-order valence-corrected chi connectivity index (χ1v) is 7.35. The smallest absolute Gasteiger partial charge is 0.240 e. The van der Waals surface area contributed by atoms with Gasteiger partial charge in [-0.3, -0.25) is 4.79 Å². The molecule has 0 radical (unpaired) electrons. The predicted octanol–water partition coefficient (Wildman–Crippen LogP) is 3.08. The van der Waals surface area contributed by atoms with E-state index in [1.807, 2.05) is 28.8 Å². The number of hydrogen-bond acceptors (Lipinski definition) is 2. The maximum absolute atomic E-state index is 12.0. The van der Waals surface area contributed by atoms with Gasteiger partial charge in [-0.25, -0.2) is 4.98 Å². The van der Waals surface area contributed by atoms with Gasteiger partial charge < -0.3 is 9.88 Å². The minimum Gasteiger partial charge on any atom is -0.355 e. The highest BCUT2D eigenvalue weighted by atomic mass is 16.1. The first-order valence-electron chi connectivity index (χ1n) is 7.35. The summed E-state index contributed by atoms with van der Waals surface area (Å²) in [6.45, 7) is 7.42. The van der Waals surface area contributed by atoms with Gasteiger partial charge in [-0.2, -0.15) is 0 Å². The topological polar surface area (TPSA) is 46.9 Å². The molecule has 2 aromatic rings. The van der Waals surface area contributed by atoms with Gasteiger partial charge in [0.2, 0.25) is 5.91 Å². The second-order valence-electron chi connectivity index (χ2n) is 5.40. The van der Waals surface area contributed by atoms with E-state index in [0.29, 0.717) is 12.5 Å². The monoisotopic (exact) mass is 273 g/mol. The van der Waals surface area contributed by atoms with Crippen molar-refractivity contribution >= 4 is 16.9 Å². The van der Waals surface area contributed by atoms with E-state index in [9.17, 15) is 4.79 Å². The maximum atomic E-state index is 12.0. The number of imidazole rings is 1. The molecule has 0 aliphatic heterocycles. The van der Waals surface area contributed by atoms with Crippen LogP contribution in [0.3, 0.4) is 0 Å². The molecule has 0 aliphatic carbocycles. The third-order valence-electron chi connectivity index (χ3n) is 3.35. The number of para-hydroxylation sites is 2. The Bertz CT molecular complexity index is 586. The molecule has 1 amide bonds. The van der Waals surface area contributed by atoms with Crippen molar-refractivity contribution in [2.75, 3.05) is 6.54 Å². The molecule has 0 spiro atoms. The van der Waals surface area contributed by atoms with Crippen LogP contribution in [-0.2, 0) is 11.3 Å². The minimum atomic E-state index is 0.0588. The van der Waals surface area contributed by atoms with Crippen LogP contribution in [0.25, 0.3) is 11.0 Å². The second-order valence-corrected chi connectivity index (χ2v) is 5.40. The highest BCUT2D eigenvalue weighted by molar-refractivity contribution is 5.81. The van der Waals surface area contributed by atoms with Crippen molar-refractivity contribution in [2.24, 2.45) is 0 Å². The van der Waals surface area contributed by atoms with Gasteiger partial charge in [0.15, 0.2) is 0 Å². The zero-order valence-electron chi connectivity index (χ0n) is 12.5. The number of hydrogen-bond donors (Lipinski definition) is 1. The molecular weight excluding hydrogens is 250 g/mol. The largest absolute Gasteiger partial charge is 0.355 e. The summed E-state index contributed by atoms with van der Waals surface area (Å²) in [5, 5.41) is 2.97. The van der Waals surface area contributed by atoms with Gasteiger partial charge in [-0.1, -0.05) is 39.3 Å². The van der Waals surface area contributed by atoms with E-state index >= 15 is 0 Å². The average Bonchev–Trinajstić information content (AvgIpc) is 2.78. The summed E-state index contributed by atoms with van der Waals surface area (Å²) in [6, 6.07) is 7.98. The van der Waals surface area contributed by atoms with Crippen LogP contribution in [-0.4, -0.2) is 22.0 Å². The normalized spacial score (nSPS) is 11.2. The Balaban J connectivity index is 2.23. The van der Waals surface area contributed by atoms with Crippen LogP contribution in [0, 0.1) is 0 Å². The van der Waals surface area contributed by atoms with Crippen molar-refractivity contribution in [2.45, 2.75) is 46.1 Å². The van der Waals surface area contributed by atoms with Crippen molar-refractivity contribution in [3.8, 4) is 0 Å². The quantitative estimate of drug-likeness (QED) is 0.822. The molecule has 2 rings (SSSR count). The van der Waals surface area contributed by atoms with Crippen molar-refractivity contribution in [3.63, 3.8) is 0 Å². The van der Waals surface area contributed by atoms with Crippen LogP contribution < -0.4 is 5.32 Å². The van der Waals surface area contributed by atoms with Crippen molar-refractivity contribution in [3.05, 3.63) is 30.1 Å². The van der Waals surface area contributed by atoms with Gasteiger partial charge in [-0.15, -0.1) is 0 Å². The Kier molecular flexibility index (Phi) is 4.77. The van der Waals surface area contributed by atoms with Crippen molar-refractivity contribution < 1.29 is 4.79 Å². The number of aromatic nitrogens is 2. The molecule has 108 valence electrons. The lowest BCUT2D eigenvalue weighted by molar-refractivity contribution is -0.121. The zero-order valence-corrected chi connectivity index (χ0v) is 12.5. The molecule has 4 heteroatoms. The van der Waals surface area contributed by atoms with E-state index in [2.05, 4.69) is 31.1 Å². The summed E-state index contributed by atoms with van der Waals surface area (Å²) in [5.74, 6) is 1.33. The fourth-order valence-corrected chi connectivity index (χ4v) is 2.31. The van der Waals surface area contributed by atoms with E-state index < -0.39 is 0 Å². The van der Waals surface area contributed by atoms with Crippen LogP contribution in [0.1, 0.15) is 45.4 Å². The molecule has 1 heterocycles. The molecule has 0 saturated heterocycles. The molecule has 0 aliphatic rings. The van der Waals surface area contributed by atoms with Crippen LogP contribution in [0.15, 0.2) is 24.3 Å². The van der Waals surface area contributed by atoms with Gasteiger partial charge in [0.25, 0.3) is 0 Å².